The molecule has 7 nitrogen and oxygen atoms in total. The molecule has 1 aromatic heterocycles. The molecule has 1 aromatic carbocycles. The minimum absolute atomic E-state index is 0.0759. The Morgan fingerprint density at radius 2 is 2.30 bits per heavy atom. The summed E-state index contributed by atoms with van der Waals surface area (Å²) in [4.78, 5) is 14.2. The average molecular weight is 318 g/mol. The molecule has 2 aromatic rings. The van der Waals surface area contributed by atoms with Crippen LogP contribution in [0, 0.1) is 5.82 Å². The summed E-state index contributed by atoms with van der Waals surface area (Å²) >= 11 is 0. The van der Waals surface area contributed by atoms with Gasteiger partial charge in [0.05, 0.1) is 30.6 Å². The molecule has 4 rings (SSSR count). The van der Waals surface area contributed by atoms with E-state index in [0.29, 0.717) is 26.1 Å². The highest BCUT2D eigenvalue weighted by Gasteiger charge is 2.38. The summed E-state index contributed by atoms with van der Waals surface area (Å²) in [5, 5.41) is 17.4. The second kappa shape index (κ2) is 5.31. The number of phenols is 1. The smallest absolute Gasteiger partial charge is 0.254 e. The van der Waals surface area contributed by atoms with Gasteiger partial charge in [0.1, 0.15) is 0 Å². The number of fused-ring (bicyclic) bond motifs is 3. The summed E-state index contributed by atoms with van der Waals surface area (Å²) in [7, 11) is 0. The Balaban J connectivity index is 1.52. The van der Waals surface area contributed by atoms with Gasteiger partial charge in [-0.05, 0) is 24.6 Å². The van der Waals surface area contributed by atoms with Gasteiger partial charge in [-0.15, -0.1) is 5.10 Å². The number of ether oxygens (including phenoxy) is 1. The average Bonchev–Trinajstić information content (AvgIpc) is 3.05. The Labute approximate surface area is 131 Å². The van der Waals surface area contributed by atoms with Gasteiger partial charge in [0.15, 0.2) is 11.6 Å². The van der Waals surface area contributed by atoms with E-state index in [2.05, 4.69) is 10.3 Å². The normalized spacial score (nSPS) is 23.3. The number of likely N-dealkylation sites (tertiary alicyclic amines) is 1. The van der Waals surface area contributed by atoms with Crippen molar-refractivity contribution in [1.82, 2.24) is 19.9 Å². The van der Waals surface area contributed by atoms with Crippen molar-refractivity contribution in [2.75, 3.05) is 13.1 Å². The quantitative estimate of drug-likeness (QED) is 0.852. The Morgan fingerprint density at radius 1 is 1.43 bits per heavy atom. The first-order valence-corrected chi connectivity index (χ1v) is 7.42. The number of amides is 1. The lowest BCUT2D eigenvalue weighted by Gasteiger charge is -2.41. The fraction of sp³-hybridized carbons (Fsp3) is 0.400. The fourth-order valence-corrected chi connectivity index (χ4v) is 3.20. The molecule has 8 heteroatoms. The van der Waals surface area contributed by atoms with Crippen LogP contribution in [0.2, 0.25) is 0 Å². The maximum Gasteiger partial charge on any atom is 0.254 e. The van der Waals surface area contributed by atoms with E-state index >= 15 is 0 Å². The third kappa shape index (κ3) is 2.35. The summed E-state index contributed by atoms with van der Waals surface area (Å²) in [5.41, 5.74) is 1.20. The van der Waals surface area contributed by atoms with Crippen molar-refractivity contribution in [2.45, 2.75) is 25.2 Å². The largest absolute Gasteiger partial charge is 0.505 e. The van der Waals surface area contributed by atoms with Crippen molar-refractivity contribution in [3.8, 4) is 5.75 Å². The van der Waals surface area contributed by atoms with E-state index < -0.39 is 11.6 Å². The number of carbonyl (C=O) groups excluding carboxylic acids is 1. The van der Waals surface area contributed by atoms with Gasteiger partial charge < -0.3 is 14.7 Å². The van der Waals surface area contributed by atoms with E-state index in [4.69, 9.17) is 4.74 Å². The van der Waals surface area contributed by atoms with Crippen molar-refractivity contribution in [1.29, 1.82) is 0 Å². The predicted molar refractivity (Wildman–Crippen MR) is 76.2 cm³/mol. The van der Waals surface area contributed by atoms with Crippen LogP contribution in [0.3, 0.4) is 0 Å². The molecule has 2 atom stereocenters. The van der Waals surface area contributed by atoms with Crippen molar-refractivity contribution in [3.05, 3.63) is 41.5 Å². The first-order valence-electron chi connectivity index (χ1n) is 7.42. The topological polar surface area (TPSA) is 80.5 Å². The van der Waals surface area contributed by atoms with Gasteiger partial charge >= 0.3 is 0 Å². The molecule has 1 fully saturated rings. The monoisotopic (exact) mass is 318 g/mol. The number of nitrogens with zero attached hydrogens (tertiary/aromatic N) is 4. The van der Waals surface area contributed by atoms with Crippen LogP contribution in [0.4, 0.5) is 4.39 Å². The lowest BCUT2D eigenvalue weighted by Crippen LogP contribution is -2.50. The van der Waals surface area contributed by atoms with Crippen LogP contribution in [0.5, 0.6) is 5.75 Å². The maximum absolute atomic E-state index is 13.1. The third-order valence-electron chi connectivity index (χ3n) is 4.41. The van der Waals surface area contributed by atoms with Gasteiger partial charge in [-0.3, -0.25) is 4.79 Å². The first-order chi connectivity index (χ1) is 11.1. The van der Waals surface area contributed by atoms with E-state index in [-0.39, 0.29) is 23.6 Å². The second-order valence-corrected chi connectivity index (χ2v) is 5.79. The van der Waals surface area contributed by atoms with Crippen LogP contribution in [-0.2, 0) is 11.3 Å². The van der Waals surface area contributed by atoms with E-state index in [9.17, 15) is 14.3 Å². The molecular formula is C15H15FN4O3. The number of hydrogen-bond donors (Lipinski definition) is 1. The van der Waals surface area contributed by atoms with Crippen molar-refractivity contribution in [2.24, 2.45) is 0 Å². The van der Waals surface area contributed by atoms with Gasteiger partial charge in [-0.1, -0.05) is 5.21 Å². The zero-order valence-corrected chi connectivity index (χ0v) is 12.2. The molecule has 1 N–H and O–H groups in total. The van der Waals surface area contributed by atoms with Gasteiger partial charge in [-0.25, -0.2) is 9.07 Å². The predicted octanol–water partition coefficient (Wildman–Crippen LogP) is 1.11. The van der Waals surface area contributed by atoms with E-state index in [1.54, 1.807) is 11.1 Å². The zero-order chi connectivity index (χ0) is 16.0. The summed E-state index contributed by atoms with van der Waals surface area (Å²) in [5.74, 6) is -1.51. The van der Waals surface area contributed by atoms with Gasteiger partial charge in [-0.2, -0.15) is 0 Å². The van der Waals surface area contributed by atoms with Gasteiger partial charge in [0.25, 0.3) is 5.91 Å². The number of piperidine rings is 1. The lowest BCUT2D eigenvalue weighted by molar-refractivity contribution is -0.0627. The summed E-state index contributed by atoms with van der Waals surface area (Å²) in [6, 6.07) is 3.70. The summed E-state index contributed by atoms with van der Waals surface area (Å²) in [6.45, 7) is 1.40. The number of rotatable bonds is 1. The van der Waals surface area contributed by atoms with E-state index in [0.717, 1.165) is 17.8 Å². The molecule has 23 heavy (non-hydrogen) atoms. The fourth-order valence-electron chi connectivity index (χ4n) is 3.20. The zero-order valence-electron chi connectivity index (χ0n) is 12.2. The molecule has 1 saturated heterocycles. The van der Waals surface area contributed by atoms with Crippen LogP contribution in [0.15, 0.2) is 24.4 Å². The number of aromatic hydroxyl groups is 1. The highest BCUT2D eigenvalue weighted by molar-refractivity contribution is 5.94. The van der Waals surface area contributed by atoms with Crippen LogP contribution < -0.4 is 0 Å². The molecule has 0 unspecified atom stereocenters. The second-order valence-electron chi connectivity index (χ2n) is 5.79. The Morgan fingerprint density at radius 3 is 3.13 bits per heavy atom. The van der Waals surface area contributed by atoms with Crippen LogP contribution in [0.25, 0.3) is 0 Å². The highest BCUT2D eigenvalue weighted by atomic mass is 19.1. The molecule has 120 valence electrons. The minimum atomic E-state index is -0.741. The number of aromatic nitrogens is 3. The summed E-state index contributed by atoms with van der Waals surface area (Å²) in [6.07, 6.45) is 2.26. The molecule has 2 aliphatic heterocycles. The lowest BCUT2D eigenvalue weighted by atomic mass is 9.99. The Bertz CT molecular complexity index is 763. The first kappa shape index (κ1) is 14.1. The van der Waals surface area contributed by atoms with Crippen molar-refractivity contribution >= 4 is 5.91 Å². The molecule has 0 bridgehead atoms. The molecule has 3 heterocycles. The molecule has 1 amide bonds. The highest BCUT2D eigenvalue weighted by Crippen LogP contribution is 2.31. The Kier molecular flexibility index (Phi) is 3.26. The number of halogens is 1. The van der Waals surface area contributed by atoms with Crippen LogP contribution in [-0.4, -0.2) is 50.1 Å². The number of carbonyl (C=O) groups is 1. The van der Waals surface area contributed by atoms with E-state index in [1.165, 1.54) is 6.07 Å². The molecule has 0 spiro atoms. The number of benzene rings is 1. The van der Waals surface area contributed by atoms with Gasteiger partial charge in [0, 0.05) is 18.7 Å². The molecule has 0 saturated carbocycles. The van der Waals surface area contributed by atoms with Gasteiger partial charge in [0.2, 0.25) is 0 Å². The maximum atomic E-state index is 13.1. The molecular weight excluding hydrogens is 303 g/mol. The number of hydrogen-bond acceptors (Lipinski definition) is 5. The summed E-state index contributed by atoms with van der Waals surface area (Å²) < 4.78 is 20.8. The number of phenolic OH excluding ortho intramolecular Hbond substituents is 1. The molecule has 2 aliphatic rings. The van der Waals surface area contributed by atoms with Crippen LogP contribution in [0.1, 0.15) is 28.5 Å². The molecule has 0 radical (unpaired) electrons. The van der Waals surface area contributed by atoms with Crippen molar-refractivity contribution < 1.29 is 19.0 Å². The SMILES string of the molecule is O=C(c1ccc(F)c(O)c1)N1CC[C@H]2[C@H](C1)OCc1cnnn12. The standard InChI is InChI=1S/C15H15FN4O3/c16-11-2-1-9(5-13(11)21)15(22)19-4-3-12-14(7-19)23-8-10-6-17-18-20(10)12/h1-2,5-6,12,14,21H,3-4,7-8H2/t12-,14-/m0/s1. The Hall–Kier alpha value is -2.48. The minimum Gasteiger partial charge on any atom is -0.505 e. The third-order valence-corrected chi connectivity index (χ3v) is 4.41. The van der Waals surface area contributed by atoms with E-state index in [1.807, 2.05) is 4.68 Å². The molecule has 0 aliphatic carbocycles. The van der Waals surface area contributed by atoms with Crippen molar-refractivity contribution in [3.63, 3.8) is 0 Å². The van der Waals surface area contributed by atoms with Crippen LogP contribution >= 0.6 is 0 Å².